The van der Waals surface area contributed by atoms with Crippen LogP contribution < -0.4 is 10.1 Å². The van der Waals surface area contributed by atoms with Crippen molar-refractivity contribution in [2.75, 3.05) is 26.7 Å². The highest BCUT2D eigenvalue weighted by Gasteiger charge is 2.25. The van der Waals surface area contributed by atoms with Gasteiger partial charge in [-0.25, -0.2) is 0 Å². The molecule has 0 bridgehead atoms. The van der Waals surface area contributed by atoms with Gasteiger partial charge in [0, 0.05) is 24.7 Å². The predicted molar refractivity (Wildman–Crippen MR) is 84.1 cm³/mol. The lowest BCUT2D eigenvalue weighted by atomic mass is 9.93. The number of nitrogens with zero attached hydrogens (tertiary/aromatic N) is 1. The second-order valence-electron chi connectivity index (χ2n) is 5.87. The van der Waals surface area contributed by atoms with Gasteiger partial charge in [0.1, 0.15) is 5.75 Å². The third-order valence-corrected chi connectivity index (χ3v) is 4.23. The molecular weight excluding hydrogens is 248 g/mol. The highest BCUT2D eigenvalue weighted by Crippen LogP contribution is 2.23. The van der Waals surface area contributed by atoms with Crippen LogP contribution in [-0.2, 0) is 6.54 Å². The fourth-order valence-electron chi connectivity index (χ4n) is 3.08. The molecular formula is C17H28N2O. The summed E-state index contributed by atoms with van der Waals surface area (Å²) in [5.41, 5.74) is 1.29. The van der Waals surface area contributed by atoms with Gasteiger partial charge in [0.05, 0.1) is 7.11 Å². The molecule has 3 nitrogen and oxygen atoms in total. The van der Waals surface area contributed by atoms with Gasteiger partial charge in [-0.15, -0.1) is 0 Å². The standard InChI is InChI=1S/C17H28N2O/c1-4-10-18-16-9-11-19(12-14(16)2)13-15-7-5-6-8-17(15)20-3/h5-8,14,16,18H,4,9-13H2,1-3H3. The van der Waals surface area contributed by atoms with Gasteiger partial charge in [0.2, 0.25) is 0 Å². The number of likely N-dealkylation sites (tertiary alicyclic amines) is 1. The fourth-order valence-corrected chi connectivity index (χ4v) is 3.08. The maximum atomic E-state index is 5.45. The zero-order valence-electron chi connectivity index (χ0n) is 13.1. The highest BCUT2D eigenvalue weighted by molar-refractivity contribution is 5.33. The van der Waals surface area contributed by atoms with Crippen LogP contribution in [0.1, 0.15) is 32.3 Å². The number of ether oxygens (including phenoxy) is 1. The van der Waals surface area contributed by atoms with E-state index in [2.05, 4.69) is 36.2 Å². The molecule has 1 N–H and O–H groups in total. The molecule has 2 rings (SSSR count). The molecule has 0 aliphatic carbocycles. The van der Waals surface area contributed by atoms with Crippen LogP contribution in [0.2, 0.25) is 0 Å². The summed E-state index contributed by atoms with van der Waals surface area (Å²) in [6.07, 6.45) is 2.46. The summed E-state index contributed by atoms with van der Waals surface area (Å²) >= 11 is 0. The number of para-hydroxylation sites is 1. The van der Waals surface area contributed by atoms with Gasteiger partial charge >= 0.3 is 0 Å². The predicted octanol–water partition coefficient (Wildman–Crippen LogP) is 2.91. The minimum Gasteiger partial charge on any atom is -0.496 e. The molecule has 20 heavy (non-hydrogen) atoms. The number of rotatable bonds is 6. The van der Waals surface area contributed by atoms with E-state index in [1.807, 2.05) is 12.1 Å². The highest BCUT2D eigenvalue weighted by atomic mass is 16.5. The van der Waals surface area contributed by atoms with Crippen LogP contribution in [-0.4, -0.2) is 37.7 Å². The van der Waals surface area contributed by atoms with Crippen LogP contribution in [0.15, 0.2) is 24.3 Å². The van der Waals surface area contributed by atoms with E-state index in [1.165, 1.54) is 31.5 Å². The number of nitrogens with one attached hydrogen (secondary N) is 1. The largest absolute Gasteiger partial charge is 0.496 e. The normalized spacial score (nSPS) is 23.8. The quantitative estimate of drug-likeness (QED) is 0.864. The van der Waals surface area contributed by atoms with Crippen molar-refractivity contribution in [1.29, 1.82) is 0 Å². The van der Waals surface area contributed by atoms with Crippen LogP contribution >= 0.6 is 0 Å². The molecule has 0 spiro atoms. The molecule has 1 aromatic rings. The van der Waals surface area contributed by atoms with E-state index >= 15 is 0 Å². The van der Waals surface area contributed by atoms with Gasteiger partial charge in [0.25, 0.3) is 0 Å². The second kappa shape index (κ2) is 7.65. The van der Waals surface area contributed by atoms with E-state index in [0.29, 0.717) is 12.0 Å². The Morgan fingerprint density at radius 1 is 1.35 bits per heavy atom. The molecule has 0 amide bonds. The molecule has 1 saturated heterocycles. The third kappa shape index (κ3) is 3.97. The minimum absolute atomic E-state index is 0.684. The molecule has 112 valence electrons. The molecule has 1 aliphatic heterocycles. The topological polar surface area (TPSA) is 24.5 Å². The van der Waals surface area contributed by atoms with Gasteiger partial charge in [-0.2, -0.15) is 0 Å². The Balaban J connectivity index is 1.89. The summed E-state index contributed by atoms with van der Waals surface area (Å²) < 4.78 is 5.45. The number of benzene rings is 1. The lowest BCUT2D eigenvalue weighted by Gasteiger charge is -2.37. The van der Waals surface area contributed by atoms with E-state index in [0.717, 1.165) is 18.8 Å². The van der Waals surface area contributed by atoms with Crippen molar-refractivity contribution < 1.29 is 4.74 Å². The zero-order chi connectivity index (χ0) is 14.4. The summed E-state index contributed by atoms with van der Waals surface area (Å²) in [6.45, 7) is 9.07. The SMILES string of the molecule is CCCNC1CCN(Cc2ccccc2OC)CC1C. The summed E-state index contributed by atoms with van der Waals surface area (Å²) in [4.78, 5) is 2.55. The monoisotopic (exact) mass is 276 g/mol. The van der Waals surface area contributed by atoms with Crippen molar-refractivity contribution in [3.05, 3.63) is 29.8 Å². The van der Waals surface area contributed by atoms with Gasteiger partial charge in [-0.05, 0) is 37.9 Å². The zero-order valence-corrected chi connectivity index (χ0v) is 13.1. The second-order valence-corrected chi connectivity index (χ2v) is 5.87. The van der Waals surface area contributed by atoms with E-state index in [4.69, 9.17) is 4.74 Å². The Morgan fingerprint density at radius 2 is 2.15 bits per heavy atom. The number of hydrogen-bond acceptors (Lipinski definition) is 3. The molecule has 1 aromatic carbocycles. The van der Waals surface area contributed by atoms with Crippen LogP contribution in [0.3, 0.4) is 0 Å². The Bertz CT molecular complexity index is 408. The lowest BCUT2D eigenvalue weighted by Crippen LogP contribution is -2.48. The van der Waals surface area contributed by atoms with Crippen molar-refractivity contribution >= 4 is 0 Å². The Labute approximate surface area is 123 Å². The maximum Gasteiger partial charge on any atom is 0.123 e. The van der Waals surface area contributed by atoms with Gasteiger partial charge < -0.3 is 10.1 Å². The first-order valence-electron chi connectivity index (χ1n) is 7.82. The van der Waals surface area contributed by atoms with E-state index in [1.54, 1.807) is 7.11 Å². The number of methoxy groups -OCH3 is 1. The average molecular weight is 276 g/mol. The average Bonchev–Trinajstić information content (AvgIpc) is 2.47. The van der Waals surface area contributed by atoms with Crippen LogP contribution in [0.4, 0.5) is 0 Å². The van der Waals surface area contributed by atoms with E-state index in [9.17, 15) is 0 Å². The summed E-state index contributed by atoms with van der Waals surface area (Å²) in [5, 5.41) is 3.68. The molecule has 0 saturated carbocycles. The molecule has 3 heteroatoms. The summed E-state index contributed by atoms with van der Waals surface area (Å²) in [5.74, 6) is 1.72. The van der Waals surface area contributed by atoms with E-state index in [-0.39, 0.29) is 0 Å². The lowest BCUT2D eigenvalue weighted by molar-refractivity contribution is 0.140. The Morgan fingerprint density at radius 3 is 2.85 bits per heavy atom. The van der Waals surface area contributed by atoms with Crippen molar-refractivity contribution in [2.45, 2.75) is 39.3 Å². The van der Waals surface area contributed by atoms with Gasteiger partial charge in [-0.3, -0.25) is 4.90 Å². The van der Waals surface area contributed by atoms with Crippen LogP contribution in [0, 0.1) is 5.92 Å². The molecule has 1 heterocycles. The minimum atomic E-state index is 0.684. The smallest absolute Gasteiger partial charge is 0.123 e. The third-order valence-electron chi connectivity index (χ3n) is 4.23. The Kier molecular flexibility index (Phi) is 5.86. The van der Waals surface area contributed by atoms with Gasteiger partial charge in [0.15, 0.2) is 0 Å². The van der Waals surface area contributed by atoms with Crippen molar-refractivity contribution in [3.8, 4) is 5.75 Å². The van der Waals surface area contributed by atoms with Crippen molar-refractivity contribution in [2.24, 2.45) is 5.92 Å². The van der Waals surface area contributed by atoms with Crippen molar-refractivity contribution in [3.63, 3.8) is 0 Å². The molecule has 1 aliphatic rings. The molecule has 2 unspecified atom stereocenters. The van der Waals surface area contributed by atoms with Gasteiger partial charge in [-0.1, -0.05) is 32.0 Å². The molecule has 0 aromatic heterocycles. The van der Waals surface area contributed by atoms with E-state index < -0.39 is 0 Å². The molecule has 2 atom stereocenters. The first-order valence-corrected chi connectivity index (χ1v) is 7.82. The maximum absolute atomic E-state index is 5.45. The molecule has 1 fully saturated rings. The van der Waals surface area contributed by atoms with Crippen molar-refractivity contribution in [1.82, 2.24) is 10.2 Å². The Hall–Kier alpha value is -1.06. The first kappa shape index (κ1) is 15.3. The first-order chi connectivity index (χ1) is 9.74. The summed E-state index contributed by atoms with van der Waals surface area (Å²) in [7, 11) is 1.75. The van der Waals surface area contributed by atoms with Crippen LogP contribution in [0.5, 0.6) is 5.75 Å². The number of hydrogen-bond donors (Lipinski definition) is 1. The molecule has 0 radical (unpaired) electrons. The summed E-state index contributed by atoms with van der Waals surface area (Å²) in [6, 6.07) is 9.03. The fraction of sp³-hybridized carbons (Fsp3) is 0.647. The van der Waals surface area contributed by atoms with Crippen LogP contribution in [0.25, 0.3) is 0 Å². The number of piperidine rings is 1.